The van der Waals surface area contributed by atoms with Gasteiger partial charge in [0.1, 0.15) is 11.6 Å². The molecule has 3 heterocycles. The minimum Gasteiger partial charge on any atom is -0.497 e. The Morgan fingerprint density at radius 1 is 1.17 bits per heavy atom. The summed E-state index contributed by atoms with van der Waals surface area (Å²) in [5, 5.41) is 24.7. The lowest BCUT2D eigenvalue weighted by atomic mass is 9.53. The Hall–Kier alpha value is -3.07. The largest absolute Gasteiger partial charge is 0.497 e. The van der Waals surface area contributed by atoms with Crippen molar-refractivity contribution in [2.24, 2.45) is 21.6 Å². The molecule has 1 spiro atoms. The molecule has 1 aromatic carbocycles. The van der Waals surface area contributed by atoms with Crippen LogP contribution in [0, 0.1) is 33.5 Å². The Kier molecular flexibility index (Phi) is 3.70. The Morgan fingerprint density at radius 2 is 1.90 bits per heavy atom. The van der Waals surface area contributed by atoms with Gasteiger partial charge in [0.15, 0.2) is 10.8 Å². The summed E-state index contributed by atoms with van der Waals surface area (Å²) in [5.41, 5.74) is 6.14. The third-order valence-corrected chi connectivity index (χ3v) is 6.63. The SMILES string of the molecule is COc1ccc([C@H]2NC3=C(CCC3)[C@]3(C#N)C4(N=C(N)[C@@]23C#N)OCCO4)cc1. The second kappa shape index (κ2) is 5.96. The van der Waals surface area contributed by atoms with Crippen molar-refractivity contribution < 1.29 is 14.2 Å². The first-order valence-electron chi connectivity index (χ1n) is 9.68. The van der Waals surface area contributed by atoms with Crippen LogP contribution in [0.25, 0.3) is 0 Å². The van der Waals surface area contributed by atoms with E-state index in [1.54, 1.807) is 7.11 Å². The minimum atomic E-state index is -1.58. The average Bonchev–Trinajstić information content (AvgIpc) is 3.46. The maximum Gasteiger partial charge on any atom is 0.297 e. The third-order valence-electron chi connectivity index (χ3n) is 6.63. The van der Waals surface area contributed by atoms with E-state index in [2.05, 4.69) is 22.4 Å². The highest BCUT2D eigenvalue weighted by atomic mass is 16.8. The van der Waals surface area contributed by atoms with E-state index in [0.29, 0.717) is 25.4 Å². The van der Waals surface area contributed by atoms with E-state index >= 15 is 0 Å². The Balaban J connectivity index is 1.79. The highest BCUT2D eigenvalue weighted by Crippen LogP contribution is 2.68. The third kappa shape index (κ3) is 1.91. The molecule has 8 heteroatoms. The van der Waals surface area contributed by atoms with Crippen LogP contribution in [0.2, 0.25) is 0 Å². The molecule has 1 aromatic rings. The van der Waals surface area contributed by atoms with Gasteiger partial charge in [-0.15, -0.1) is 0 Å². The number of rotatable bonds is 2. The first-order chi connectivity index (χ1) is 14.1. The summed E-state index contributed by atoms with van der Waals surface area (Å²) in [4.78, 5) is 4.53. The standard InChI is InChI=1S/C21H21N5O3/c1-27-14-7-5-13(6-8-14)17-19(11-22)18(24)26-21(28-9-10-29-21)20(19,12-23)15-3-2-4-16(15)25-17/h5-8,17,25H,2-4,9-10H2,1H3,(H2,24,26)/t17-,19-,20+/m1/s1. The molecule has 0 unspecified atom stereocenters. The van der Waals surface area contributed by atoms with E-state index in [4.69, 9.17) is 19.9 Å². The molecule has 0 bridgehead atoms. The van der Waals surface area contributed by atoms with Crippen LogP contribution < -0.4 is 15.8 Å². The van der Waals surface area contributed by atoms with Crippen LogP contribution >= 0.6 is 0 Å². The molecule has 148 valence electrons. The smallest absolute Gasteiger partial charge is 0.297 e. The first-order valence-corrected chi connectivity index (χ1v) is 9.68. The summed E-state index contributed by atoms with van der Waals surface area (Å²) >= 11 is 0. The van der Waals surface area contributed by atoms with Gasteiger partial charge >= 0.3 is 0 Å². The number of amidine groups is 1. The Bertz CT molecular complexity index is 1010. The van der Waals surface area contributed by atoms with Gasteiger partial charge in [0, 0.05) is 5.70 Å². The van der Waals surface area contributed by atoms with E-state index in [9.17, 15) is 10.5 Å². The molecule has 0 aromatic heterocycles. The van der Waals surface area contributed by atoms with E-state index in [1.807, 2.05) is 24.3 Å². The predicted octanol–water partition coefficient (Wildman–Crippen LogP) is 1.87. The van der Waals surface area contributed by atoms with Gasteiger partial charge < -0.3 is 25.3 Å². The molecule has 1 fully saturated rings. The van der Waals surface area contributed by atoms with Crippen LogP contribution in [-0.2, 0) is 9.47 Å². The van der Waals surface area contributed by atoms with Gasteiger partial charge in [-0.3, -0.25) is 0 Å². The summed E-state index contributed by atoms with van der Waals surface area (Å²) in [6.45, 7) is 0.593. The fourth-order valence-corrected chi connectivity index (χ4v) is 5.41. The molecular weight excluding hydrogens is 370 g/mol. The number of ether oxygens (including phenoxy) is 3. The van der Waals surface area contributed by atoms with Crippen molar-refractivity contribution in [2.45, 2.75) is 31.2 Å². The fourth-order valence-electron chi connectivity index (χ4n) is 5.41. The summed E-state index contributed by atoms with van der Waals surface area (Å²) in [7, 11) is 1.60. The number of methoxy groups -OCH3 is 1. The quantitative estimate of drug-likeness (QED) is 0.788. The zero-order valence-corrected chi connectivity index (χ0v) is 16.1. The lowest BCUT2D eigenvalue weighted by Gasteiger charge is -2.50. The number of fused-ring (bicyclic) bond motifs is 3. The van der Waals surface area contributed by atoms with Crippen LogP contribution in [0.3, 0.4) is 0 Å². The Morgan fingerprint density at radius 3 is 2.52 bits per heavy atom. The van der Waals surface area contributed by atoms with Crippen molar-refractivity contribution in [3.05, 3.63) is 41.1 Å². The van der Waals surface area contributed by atoms with Gasteiger partial charge in [0.25, 0.3) is 5.91 Å². The number of allylic oxidation sites excluding steroid dienone is 1. The zero-order valence-electron chi connectivity index (χ0n) is 16.1. The van der Waals surface area contributed by atoms with Crippen LogP contribution in [0.1, 0.15) is 30.9 Å². The van der Waals surface area contributed by atoms with Crippen molar-refractivity contribution >= 4 is 5.84 Å². The Labute approximate surface area is 168 Å². The van der Waals surface area contributed by atoms with Crippen LogP contribution in [0.4, 0.5) is 0 Å². The molecule has 5 rings (SSSR count). The molecule has 8 nitrogen and oxygen atoms in total. The molecular formula is C21H21N5O3. The molecule has 1 saturated heterocycles. The normalized spacial score (nSPS) is 34.0. The summed E-state index contributed by atoms with van der Waals surface area (Å²) in [6.07, 6.45) is 2.35. The maximum absolute atomic E-state index is 10.6. The van der Waals surface area contributed by atoms with Crippen molar-refractivity contribution in [3.8, 4) is 17.9 Å². The topological polar surface area (TPSA) is 126 Å². The summed E-state index contributed by atoms with van der Waals surface area (Å²) in [6, 6.07) is 11.7. The van der Waals surface area contributed by atoms with Crippen molar-refractivity contribution in [1.82, 2.24) is 5.32 Å². The van der Waals surface area contributed by atoms with Crippen molar-refractivity contribution in [1.29, 1.82) is 10.5 Å². The van der Waals surface area contributed by atoms with E-state index in [-0.39, 0.29) is 5.84 Å². The molecule has 0 amide bonds. The number of nitrogens with two attached hydrogens (primary N) is 1. The van der Waals surface area contributed by atoms with Gasteiger partial charge in [-0.05, 0) is 42.5 Å². The number of nitrogens with one attached hydrogen (secondary N) is 1. The zero-order chi connectivity index (χ0) is 20.3. The molecule has 3 atom stereocenters. The molecule has 29 heavy (non-hydrogen) atoms. The molecule has 0 radical (unpaired) electrons. The number of nitrogens with zero attached hydrogens (tertiary/aromatic N) is 3. The molecule has 0 saturated carbocycles. The second-order valence-electron chi connectivity index (χ2n) is 7.72. The number of hydrogen-bond donors (Lipinski definition) is 2. The summed E-state index contributed by atoms with van der Waals surface area (Å²) < 4.78 is 17.2. The number of aliphatic imine (C=N–C) groups is 1. The van der Waals surface area contributed by atoms with Gasteiger partial charge in [0.2, 0.25) is 0 Å². The van der Waals surface area contributed by atoms with E-state index < -0.39 is 22.8 Å². The highest BCUT2D eigenvalue weighted by Gasteiger charge is 2.80. The number of benzene rings is 1. The molecule has 3 N–H and O–H groups in total. The van der Waals surface area contributed by atoms with E-state index in [0.717, 1.165) is 29.7 Å². The number of hydrogen-bond acceptors (Lipinski definition) is 8. The van der Waals surface area contributed by atoms with Crippen LogP contribution in [0.5, 0.6) is 5.75 Å². The monoisotopic (exact) mass is 391 g/mol. The van der Waals surface area contributed by atoms with Crippen molar-refractivity contribution in [2.75, 3.05) is 20.3 Å². The van der Waals surface area contributed by atoms with Gasteiger partial charge in [-0.2, -0.15) is 10.5 Å². The molecule has 3 aliphatic heterocycles. The average molecular weight is 391 g/mol. The van der Waals surface area contributed by atoms with Gasteiger partial charge in [-0.1, -0.05) is 12.1 Å². The second-order valence-corrected chi connectivity index (χ2v) is 7.72. The number of nitriles is 2. The maximum atomic E-state index is 10.6. The lowest BCUT2D eigenvalue weighted by Crippen LogP contribution is -2.63. The van der Waals surface area contributed by atoms with E-state index in [1.165, 1.54) is 0 Å². The molecule has 4 aliphatic rings. The lowest BCUT2D eigenvalue weighted by molar-refractivity contribution is -0.212. The van der Waals surface area contributed by atoms with Crippen molar-refractivity contribution in [3.63, 3.8) is 0 Å². The van der Waals surface area contributed by atoms with Crippen LogP contribution in [0.15, 0.2) is 40.5 Å². The highest BCUT2D eigenvalue weighted by molar-refractivity contribution is 5.96. The van der Waals surface area contributed by atoms with Gasteiger partial charge in [-0.25, -0.2) is 4.99 Å². The first kappa shape index (κ1) is 18.0. The summed E-state index contributed by atoms with van der Waals surface area (Å²) in [5.74, 6) is -0.815. The van der Waals surface area contributed by atoms with Crippen LogP contribution in [-0.4, -0.2) is 32.1 Å². The minimum absolute atomic E-state index is 0.0650. The fraction of sp³-hybridized carbons (Fsp3) is 0.476. The van der Waals surface area contributed by atoms with Gasteiger partial charge in [0.05, 0.1) is 38.5 Å². The molecule has 1 aliphatic carbocycles. The predicted molar refractivity (Wildman–Crippen MR) is 102 cm³/mol.